The van der Waals surface area contributed by atoms with Gasteiger partial charge in [-0.15, -0.1) is 0 Å². The number of carbonyl (C=O) groups is 1. The molecule has 7 heteroatoms. The summed E-state index contributed by atoms with van der Waals surface area (Å²) in [5, 5.41) is 8.85. The lowest BCUT2D eigenvalue weighted by molar-refractivity contribution is 0.0721. The molecular weight excluding hydrogens is 320 g/mol. The average Bonchev–Trinajstić information content (AvgIpc) is 3.32. The third-order valence-electron chi connectivity index (χ3n) is 4.99. The van der Waals surface area contributed by atoms with Gasteiger partial charge in [-0.2, -0.15) is 0 Å². The Labute approximate surface area is 145 Å². The SMILES string of the molecule is COc1ccc2c(c1)cc(C(=O)N1CCCC1c1nonc1C)n2C. The van der Waals surface area contributed by atoms with Gasteiger partial charge in [0.25, 0.3) is 5.91 Å². The van der Waals surface area contributed by atoms with Crippen LogP contribution in [0.4, 0.5) is 0 Å². The van der Waals surface area contributed by atoms with E-state index in [2.05, 4.69) is 10.3 Å². The number of fused-ring (bicyclic) bond motifs is 1. The maximum Gasteiger partial charge on any atom is 0.271 e. The van der Waals surface area contributed by atoms with Crippen LogP contribution in [-0.4, -0.2) is 39.3 Å². The lowest BCUT2D eigenvalue weighted by atomic mass is 10.1. The van der Waals surface area contributed by atoms with E-state index in [1.807, 2.05) is 47.7 Å². The summed E-state index contributed by atoms with van der Waals surface area (Å²) in [6, 6.07) is 7.66. The number of hydrogen-bond acceptors (Lipinski definition) is 5. The van der Waals surface area contributed by atoms with Gasteiger partial charge in [-0.25, -0.2) is 4.63 Å². The zero-order valence-electron chi connectivity index (χ0n) is 14.5. The Morgan fingerprint density at radius 1 is 1.32 bits per heavy atom. The van der Waals surface area contributed by atoms with E-state index >= 15 is 0 Å². The summed E-state index contributed by atoms with van der Waals surface area (Å²) in [5.74, 6) is 0.781. The van der Waals surface area contributed by atoms with Gasteiger partial charge in [-0.1, -0.05) is 10.3 Å². The molecule has 1 aliphatic rings. The lowest BCUT2D eigenvalue weighted by Gasteiger charge is -2.23. The molecule has 130 valence electrons. The summed E-state index contributed by atoms with van der Waals surface area (Å²) in [7, 11) is 3.55. The first-order valence-electron chi connectivity index (χ1n) is 8.33. The van der Waals surface area contributed by atoms with Crippen molar-refractivity contribution in [1.82, 2.24) is 19.8 Å². The van der Waals surface area contributed by atoms with Crippen LogP contribution in [0.1, 0.15) is 40.8 Å². The van der Waals surface area contributed by atoms with Crippen LogP contribution in [0.2, 0.25) is 0 Å². The van der Waals surface area contributed by atoms with Crippen molar-refractivity contribution in [2.75, 3.05) is 13.7 Å². The molecule has 1 aliphatic heterocycles. The Bertz CT molecular complexity index is 943. The molecule has 25 heavy (non-hydrogen) atoms. The van der Waals surface area contributed by atoms with Crippen molar-refractivity contribution >= 4 is 16.8 Å². The lowest BCUT2D eigenvalue weighted by Crippen LogP contribution is -2.32. The van der Waals surface area contributed by atoms with E-state index in [9.17, 15) is 4.79 Å². The monoisotopic (exact) mass is 340 g/mol. The van der Waals surface area contributed by atoms with E-state index < -0.39 is 0 Å². The van der Waals surface area contributed by atoms with Crippen LogP contribution in [0.3, 0.4) is 0 Å². The van der Waals surface area contributed by atoms with Gasteiger partial charge < -0.3 is 14.2 Å². The number of likely N-dealkylation sites (tertiary alicyclic amines) is 1. The van der Waals surface area contributed by atoms with Crippen LogP contribution < -0.4 is 4.74 Å². The van der Waals surface area contributed by atoms with Gasteiger partial charge in [0, 0.05) is 24.5 Å². The van der Waals surface area contributed by atoms with Gasteiger partial charge in [-0.3, -0.25) is 4.79 Å². The number of methoxy groups -OCH3 is 1. The molecule has 1 amide bonds. The fraction of sp³-hybridized carbons (Fsp3) is 0.389. The summed E-state index contributed by atoms with van der Waals surface area (Å²) in [6.45, 7) is 2.57. The number of hydrogen-bond donors (Lipinski definition) is 0. The summed E-state index contributed by atoms with van der Waals surface area (Å²) in [6.07, 6.45) is 1.82. The van der Waals surface area contributed by atoms with Crippen molar-refractivity contribution in [3.8, 4) is 5.75 Å². The highest BCUT2D eigenvalue weighted by Crippen LogP contribution is 2.34. The molecule has 0 bridgehead atoms. The van der Waals surface area contributed by atoms with Crippen molar-refractivity contribution < 1.29 is 14.2 Å². The highest BCUT2D eigenvalue weighted by atomic mass is 16.6. The molecule has 1 aromatic carbocycles. The van der Waals surface area contributed by atoms with E-state index in [1.165, 1.54) is 0 Å². The fourth-order valence-corrected chi connectivity index (χ4v) is 3.64. The molecule has 1 fully saturated rings. The van der Waals surface area contributed by atoms with Crippen LogP contribution in [0.5, 0.6) is 5.75 Å². The zero-order valence-corrected chi connectivity index (χ0v) is 14.5. The predicted molar refractivity (Wildman–Crippen MR) is 91.5 cm³/mol. The first-order chi connectivity index (χ1) is 12.1. The number of ether oxygens (including phenoxy) is 1. The Morgan fingerprint density at radius 2 is 2.16 bits per heavy atom. The standard InChI is InChI=1S/C18H20N4O3/c1-11-17(20-25-19-11)15-5-4-8-22(15)18(23)16-10-12-9-13(24-3)6-7-14(12)21(16)2/h6-7,9-10,15H,4-5,8H2,1-3H3. The molecule has 1 unspecified atom stereocenters. The van der Waals surface area contributed by atoms with Crippen molar-refractivity contribution in [2.45, 2.75) is 25.8 Å². The normalized spacial score (nSPS) is 17.4. The number of amides is 1. The Kier molecular flexibility index (Phi) is 3.71. The maximum absolute atomic E-state index is 13.2. The number of nitrogens with zero attached hydrogens (tertiary/aromatic N) is 4. The minimum Gasteiger partial charge on any atom is -0.497 e. The minimum absolute atomic E-state index is 0.00238. The van der Waals surface area contributed by atoms with Crippen molar-refractivity contribution in [1.29, 1.82) is 0 Å². The molecule has 0 spiro atoms. The summed E-state index contributed by atoms with van der Waals surface area (Å²) in [5.41, 5.74) is 3.15. The molecule has 0 aliphatic carbocycles. The maximum atomic E-state index is 13.2. The highest BCUT2D eigenvalue weighted by Gasteiger charge is 2.35. The number of aromatic nitrogens is 3. The van der Waals surface area contributed by atoms with Gasteiger partial charge in [0.15, 0.2) is 0 Å². The third-order valence-corrected chi connectivity index (χ3v) is 4.99. The van der Waals surface area contributed by atoms with Crippen LogP contribution in [0, 0.1) is 6.92 Å². The zero-order chi connectivity index (χ0) is 17.6. The average molecular weight is 340 g/mol. The Morgan fingerprint density at radius 3 is 2.88 bits per heavy atom. The van der Waals surface area contributed by atoms with Crippen molar-refractivity contribution in [3.05, 3.63) is 41.3 Å². The van der Waals surface area contributed by atoms with E-state index in [0.717, 1.165) is 40.9 Å². The molecular formula is C18H20N4O3. The van der Waals surface area contributed by atoms with Crippen molar-refractivity contribution in [3.63, 3.8) is 0 Å². The van der Waals surface area contributed by atoms with Gasteiger partial charge >= 0.3 is 0 Å². The summed E-state index contributed by atoms with van der Waals surface area (Å²) in [4.78, 5) is 15.1. The molecule has 2 aromatic heterocycles. The van der Waals surface area contributed by atoms with Crippen LogP contribution in [0.15, 0.2) is 28.9 Å². The molecule has 3 heterocycles. The predicted octanol–water partition coefficient (Wildman–Crippen LogP) is 2.86. The van der Waals surface area contributed by atoms with Crippen molar-refractivity contribution in [2.24, 2.45) is 7.05 Å². The number of aryl methyl sites for hydroxylation is 2. The molecule has 3 aromatic rings. The first kappa shape index (κ1) is 15.7. The molecule has 0 N–H and O–H groups in total. The topological polar surface area (TPSA) is 73.4 Å². The number of benzene rings is 1. The van der Waals surface area contributed by atoms with Crippen LogP contribution in [0.25, 0.3) is 10.9 Å². The second kappa shape index (κ2) is 5.91. The minimum atomic E-state index is -0.0775. The number of rotatable bonds is 3. The fourth-order valence-electron chi connectivity index (χ4n) is 3.64. The molecule has 4 rings (SSSR count). The van der Waals surface area contributed by atoms with Crippen LogP contribution in [-0.2, 0) is 7.05 Å². The van der Waals surface area contributed by atoms with E-state index in [0.29, 0.717) is 12.2 Å². The second-order valence-corrected chi connectivity index (χ2v) is 6.40. The Balaban J connectivity index is 1.72. The Hall–Kier alpha value is -2.83. The summed E-state index contributed by atoms with van der Waals surface area (Å²) >= 11 is 0. The van der Waals surface area contributed by atoms with E-state index in [4.69, 9.17) is 9.37 Å². The number of carbonyl (C=O) groups excluding carboxylic acids is 1. The second-order valence-electron chi connectivity index (χ2n) is 6.40. The molecule has 0 saturated carbocycles. The van der Waals surface area contributed by atoms with E-state index in [1.54, 1.807) is 7.11 Å². The van der Waals surface area contributed by atoms with Gasteiger partial charge in [0.05, 0.1) is 13.2 Å². The third kappa shape index (κ3) is 2.47. The smallest absolute Gasteiger partial charge is 0.271 e. The van der Waals surface area contributed by atoms with Gasteiger partial charge in [-0.05, 0) is 44.0 Å². The van der Waals surface area contributed by atoms with Gasteiger partial charge in [0.2, 0.25) is 0 Å². The largest absolute Gasteiger partial charge is 0.497 e. The molecule has 1 atom stereocenters. The van der Waals surface area contributed by atoms with Crippen LogP contribution >= 0.6 is 0 Å². The van der Waals surface area contributed by atoms with Gasteiger partial charge in [0.1, 0.15) is 22.8 Å². The molecule has 7 nitrogen and oxygen atoms in total. The summed E-state index contributed by atoms with van der Waals surface area (Å²) < 4.78 is 12.0. The highest BCUT2D eigenvalue weighted by molar-refractivity contribution is 5.99. The molecule has 0 radical (unpaired) electrons. The van der Waals surface area contributed by atoms with E-state index in [-0.39, 0.29) is 11.9 Å². The first-order valence-corrected chi connectivity index (χ1v) is 8.33. The molecule has 1 saturated heterocycles. The quantitative estimate of drug-likeness (QED) is 0.733.